The lowest BCUT2D eigenvalue weighted by Gasteiger charge is -2.21. The van der Waals surface area contributed by atoms with Gasteiger partial charge in [-0.15, -0.1) is 0 Å². The molecular weight excluding hydrogens is 266 g/mol. The minimum atomic E-state index is -3.53. The van der Waals surface area contributed by atoms with E-state index in [0.29, 0.717) is 11.8 Å². The topological polar surface area (TPSA) is 72.5 Å². The molecule has 0 spiro atoms. The normalized spacial score (nSPS) is 28.1. The standard InChI is InChI=1S/C13H23NO4S/c1-18-7-8-19(16,17)14-13(15)12-9-11(12)10-5-3-2-4-6-10/h10-12H,2-9H2,1H3,(H,14,15)/t11-,12+/m1/s1. The van der Waals surface area contributed by atoms with E-state index in [9.17, 15) is 13.2 Å². The van der Waals surface area contributed by atoms with Gasteiger partial charge in [0, 0.05) is 13.0 Å². The molecule has 5 nitrogen and oxygen atoms in total. The van der Waals surface area contributed by atoms with Crippen LogP contribution in [0.15, 0.2) is 0 Å². The molecule has 19 heavy (non-hydrogen) atoms. The van der Waals surface area contributed by atoms with Gasteiger partial charge in [0.15, 0.2) is 0 Å². The number of hydrogen-bond donors (Lipinski definition) is 1. The molecule has 2 saturated carbocycles. The molecular formula is C13H23NO4S. The van der Waals surface area contributed by atoms with Crippen LogP contribution in [0, 0.1) is 17.8 Å². The van der Waals surface area contributed by atoms with Gasteiger partial charge in [0.2, 0.25) is 15.9 Å². The van der Waals surface area contributed by atoms with Gasteiger partial charge in [0.1, 0.15) is 0 Å². The number of ether oxygens (including phenoxy) is 1. The molecule has 0 radical (unpaired) electrons. The predicted molar refractivity (Wildman–Crippen MR) is 72.0 cm³/mol. The van der Waals surface area contributed by atoms with Gasteiger partial charge in [0.25, 0.3) is 0 Å². The zero-order chi connectivity index (χ0) is 13.9. The van der Waals surface area contributed by atoms with Crippen molar-refractivity contribution in [2.45, 2.75) is 38.5 Å². The van der Waals surface area contributed by atoms with Crippen molar-refractivity contribution in [1.82, 2.24) is 4.72 Å². The summed E-state index contributed by atoms with van der Waals surface area (Å²) in [5.74, 6) is 0.493. The van der Waals surface area contributed by atoms with E-state index in [4.69, 9.17) is 4.74 Å². The van der Waals surface area contributed by atoms with Gasteiger partial charge in [-0.2, -0.15) is 0 Å². The van der Waals surface area contributed by atoms with Gasteiger partial charge in [-0.3, -0.25) is 9.52 Å². The quantitative estimate of drug-likeness (QED) is 0.800. The van der Waals surface area contributed by atoms with Crippen LogP contribution >= 0.6 is 0 Å². The van der Waals surface area contributed by atoms with E-state index in [0.717, 1.165) is 6.42 Å². The van der Waals surface area contributed by atoms with E-state index >= 15 is 0 Å². The van der Waals surface area contributed by atoms with Gasteiger partial charge in [0.05, 0.1) is 12.4 Å². The highest BCUT2D eigenvalue weighted by Gasteiger charge is 2.48. The monoisotopic (exact) mass is 289 g/mol. The summed E-state index contributed by atoms with van der Waals surface area (Å²) in [4.78, 5) is 11.9. The minimum Gasteiger partial charge on any atom is -0.384 e. The first-order chi connectivity index (χ1) is 9.03. The Bertz CT molecular complexity index is 414. The Morgan fingerprint density at radius 3 is 2.58 bits per heavy atom. The summed E-state index contributed by atoms with van der Waals surface area (Å²) in [5, 5.41) is 0. The second-order valence-electron chi connectivity index (χ2n) is 5.68. The molecule has 2 rings (SSSR count). The Balaban J connectivity index is 1.79. The zero-order valence-electron chi connectivity index (χ0n) is 11.4. The molecule has 2 fully saturated rings. The highest BCUT2D eigenvalue weighted by atomic mass is 32.2. The fraction of sp³-hybridized carbons (Fsp3) is 0.923. The highest BCUT2D eigenvalue weighted by Crippen LogP contribution is 2.49. The molecule has 2 atom stereocenters. The third-order valence-electron chi connectivity index (χ3n) is 4.24. The number of carbonyl (C=O) groups excluding carboxylic acids is 1. The first-order valence-corrected chi connectivity index (χ1v) is 8.72. The van der Waals surface area contributed by atoms with E-state index in [1.54, 1.807) is 0 Å². The SMILES string of the molecule is COCCS(=O)(=O)NC(=O)[C@H]1C[C@@H]1C1CCCCC1. The van der Waals surface area contributed by atoms with Gasteiger partial charge < -0.3 is 4.74 Å². The highest BCUT2D eigenvalue weighted by molar-refractivity contribution is 7.90. The molecule has 110 valence electrons. The third kappa shape index (κ3) is 4.18. The maximum atomic E-state index is 11.9. The number of amides is 1. The Hall–Kier alpha value is -0.620. The van der Waals surface area contributed by atoms with Crippen molar-refractivity contribution in [2.24, 2.45) is 17.8 Å². The van der Waals surface area contributed by atoms with Crippen LogP contribution in [-0.2, 0) is 19.6 Å². The lowest BCUT2D eigenvalue weighted by Crippen LogP contribution is -2.35. The summed E-state index contributed by atoms with van der Waals surface area (Å²) in [7, 11) is -2.08. The van der Waals surface area contributed by atoms with Gasteiger partial charge in [-0.05, 0) is 18.3 Å². The van der Waals surface area contributed by atoms with Crippen molar-refractivity contribution < 1.29 is 17.9 Å². The molecule has 1 N–H and O–H groups in total. The Labute approximate surface area is 115 Å². The molecule has 0 heterocycles. The van der Waals surface area contributed by atoms with E-state index in [-0.39, 0.29) is 24.2 Å². The number of nitrogens with one attached hydrogen (secondary N) is 1. The van der Waals surface area contributed by atoms with Crippen LogP contribution in [0.3, 0.4) is 0 Å². The number of rotatable bonds is 6. The summed E-state index contributed by atoms with van der Waals surface area (Å²) >= 11 is 0. The molecule has 0 aromatic carbocycles. The summed E-state index contributed by atoms with van der Waals surface area (Å²) in [6.45, 7) is 0.110. The maximum absolute atomic E-state index is 11.9. The molecule has 0 unspecified atom stereocenters. The van der Waals surface area contributed by atoms with E-state index < -0.39 is 10.0 Å². The number of carbonyl (C=O) groups is 1. The Kier molecular flexibility index (Phi) is 4.84. The Morgan fingerprint density at radius 2 is 1.95 bits per heavy atom. The van der Waals surface area contributed by atoms with E-state index in [1.807, 2.05) is 0 Å². The smallest absolute Gasteiger partial charge is 0.237 e. The zero-order valence-corrected chi connectivity index (χ0v) is 12.2. The molecule has 0 bridgehead atoms. The molecule has 1 amide bonds. The molecule has 0 aromatic heterocycles. The lowest BCUT2D eigenvalue weighted by atomic mass is 9.85. The predicted octanol–water partition coefficient (Wildman–Crippen LogP) is 1.30. The van der Waals surface area contributed by atoms with E-state index in [2.05, 4.69) is 4.72 Å². The first-order valence-electron chi connectivity index (χ1n) is 7.07. The number of methoxy groups -OCH3 is 1. The summed E-state index contributed by atoms with van der Waals surface area (Å²) < 4.78 is 30.1. The van der Waals surface area contributed by atoms with Crippen molar-refractivity contribution in [3.63, 3.8) is 0 Å². The average molecular weight is 289 g/mol. The van der Waals surface area contributed by atoms with E-state index in [1.165, 1.54) is 39.2 Å². The molecule has 2 aliphatic carbocycles. The van der Waals surface area contributed by atoms with Crippen molar-refractivity contribution in [3.8, 4) is 0 Å². The summed E-state index contributed by atoms with van der Waals surface area (Å²) in [5.41, 5.74) is 0. The second kappa shape index (κ2) is 6.22. The van der Waals surface area contributed by atoms with Crippen LogP contribution in [0.5, 0.6) is 0 Å². The fourth-order valence-corrected chi connectivity index (χ4v) is 4.02. The van der Waals surface area contributed by atoms with Gasteiger partial charge >= 0.3 is 0 Å². The first kappa shape index (κ1) is 14.8. The molecule has 2 aliphatic rings. The summed E-state index contributed by atoms with van der Waals surface area (Å²) in [6.07, 6.45) is 7.06. The van der Waals surface area contributed by atoms with Crippen LogP contribution in [0.25, 0.3) is 0 Å². The van der Waals surface area contributed by atoms with Crippen molar-refractivity contribution in [3.05, 3.63) is 0 Å². The van der Waals surface area contributed by atoms with Crippen molar-refractivity contribution >= 4 is 15.9 Å². The Morgan fingerprint density at radius 1 is 1.26 bits per heavy atom. The number of sulfonamides is 1. The van der Waals surface area contributed by atoms with Crippen LogP contribution in [0.2, 0.25) is 0 Å². The minimum absolute atomic E-state index is 0.0829. The van der Waals surface area contributed by atoms with Crippen LogP contribution < -0.4 is 4.72 Å². The van der Waals surface area contributed by atoms with Crippen LogP contribution in [0.4, 0.5) is 0 Å². The van der Waals surface area contributed by atoms with Gasteiger partial charge in [-0.25, -0.2) is 8.42 Å². The van der Waals surface area contributed by atoms with Crippen molar-refractivity contribution in [2.75, 3.05) is 19.5 Å². The average Bonchev–Trinajstić information content (AvgIpc) is 3.17. The van der Waals surface area contributed by atoms with Crippen LogP contribution in [0.1, 0.15) is 38.5 Å². The second-order valence-corrected chi connectivity index (χ2v) is 7.52. The summed E-state index contributed by atoms with van der Waals surface area (Å²) in [6, 6.07) is 0. The van der Waals surface area contributed by atoms with Gasteiger partial charge in [-0.1, -0.05) is 32.1 Å². The third-order valence-corrected chi connectivity index (χ3v) is 5.46. The number of hydrogen-bond acceptors (Lipinski definition) is 4. The van der Waals surface area contributed by atoms with Crippen LogP contribution in [-0.4, -0.2) is 33.8 Å². The molecule has 0 aliphatic heterocycles. The largest absolute Gasteiger partial charge is 0.384 e. The molecule has 0 saturated heterocycles. The van der Waals surface area contributed by atoms with Crippen molar-refractivity contribution in [1.29, 1.82) is 0 Å². The lowest BCUT2D eigenvalue weighted by molar-refractivity contribution is -0.121. The fourth-order valence-electron chi connectivity index (χ4n) is 3.07. The maximum Gasteiger partial charge on any atom is 0.237 e. The molecule has 6 heteroatoms. The molecule has 0 aromatic rings.